The van der Waals surface area contributed by atoms with E-state index in [4.69, 9.17) is 4.74 Å². The van der Waals surface area contributed by atoms with Gasteiger partial charge in [0.05, 0.1) is 23.7 Å². The number of fused-ring (bicyclic) bond motifs is 1. The summed E-state index contributed by atoms with van der Waals surface area (Å²) in [6.07, 6.45) is -2.22. The van der Waals surface area contributed by atoms with Crippen LogP contribution in [0.4, 0.5) is 35.2 Å². The number of azo groups is 2. The number of halogens is 3. The maximum absolute atomic E-state index is 12.8. The maximum atomic E-state index is 12.8. The molecule has 0 atom stereocenters. The molecule has 0 spiro atoms. The minimum Gasteiger partial charge on any atom is -0.494 e. The summed E-state index contributed by atoms with van der Waals surface area (Å²) >= 11 is 1.89. The van der Waals surface area contributed by atoms with Crippen LogP contribution >= 0.6 is 22.7 Å². The number of hydrogen-bond acceptors (Lipinski definition) is 7. The zero-order valence-corrected chi connectivity index (χ0v) is 19.2. The average molecular weight is 489 g/mol. The highest BCUT2D eigenvalue weighted by Gasteiger charge is 2.33. The van der Waals surface area contributed by atoms with E-state index in [1.165, 1.54) is 11.3 Å². The van der Waals surface area contributed by atoms with Gasteiger partial charge in [0.2, 0.25) is 0 Å². The molecule has 4 aromatic rings. The van der Waals surface area contributed by atoms with Crippen molar-refractivity contribution in [2.45, 2.75) is 25.9 Å². The molecule has 0 amide bonds. The molecule has 5 nitrogen and oxygen atoms in total. The minimum absolute atomic E-state index is 0.552. The van der Waals surface area contributed by atoms with Crippen molar-refractivity contribution < 1.29 is 17.9 Å². The molecule has 10 heteroatoms. The Morgan fingerprint density at radius 3 is 1.85 bits per heavy atom. The average Bonchev–Trinajstić information content (AvgIpc) is 3.37. The second-order valence-corrected chi connectivity index (χ2v) is 9.18. The van der Waals surface area contributed by atoms with Gasteiger partial charge in [0.1, 0.15) is 15.6 Å². The van der Waals surface area contributed by atoms with Crippen LogP contribution in [0.15, 0.2) is 81.1 Å². The smallest absolute Gasteiger partial charge is 0.425 e. The van der Waals surface area contributed by atoms with Crippen LogP contribution in [0.25, 0.3) is 9.40 Å². The summed E-state index contributed by atoms with van der Waals surface area (Å²) in [4.78, 5) is -0.603. The van der Waals surface area contributed by atoms with E-state index in [2.05, 4.69) is 27.4 Å². The van der Waals surface area contributed by atoms with Gasteiger partial charge in [-0.05, 0) is 67.1 Å². The Morgan fingerprint density at radius 1 is 0.758 bits per heavy atom. The third-order valence-electron chi connectivity index (χ3n) is 4.47. The van der Waals surface area contributed by atoms with Crippen LogP contribution in [-0.4, -0.2) is 6.61 Å². The number of alkyl halides is 3. The van der Waals surface area contributed by atoms with E-state index < -0.39 is 11.1 Å². The van der Waals surface area contributed by atoms with Crippen LogP contribution in [0.5, 0.6) is 5.75 Å². The molecule has 2 aromatic carbocycles. The van der Waals surface area contributed by atoms with Gasteiger partial charge in [0.15, 0.2) is 0 Å². The molecule has 2 aromatic heterocycles. The lowest BCUT2D eigenvalue weighted by Gasteiger charge is -2.04. The molecule has 33 heavy (non-hydrogen) atoms. The molecule has 0 aliphatic carbocycles. The molecule has 170 valence electrons. The zero-order chi connectivity index (χ0) is 23.3. The molecule has 0 unspecified atom stereocenters. The van der Waals surface area contributed by atoms with E-state index >= 15 is 0 Å². The molecule has 0 fully saturated rings. The standard InChI is InChI=1S/C23H19F3N4OS2/c1-2-3-12-31-18-10-8-17(9-11-18)28-27-15-4-6-16(7-5-15)29-30-22-14-20-19(33-22)13-21(32-20)23(24,25)26/h4-11,13-14H,2-3,12H2,1H3. The Balaban J connectivity index is 1.35. The summed E-state index contributed by atoms with van der Waals surface area (Å²) in [5.41, 5.74) is 1.98. The molecule has 0 aliphatic rings. The Kier molecular flexibility index (Phi) is 7.14. The van der Waals surface area contributed by atoms with Crippen LogP contribution in [0, 0.1) is 0 Å². The van der Waals surface area contributed by atoms with E-state index in [-0.39, 0.29) is 0 Å². The van der Waals surface area contributed by atoms with Crippen molar-refractivity contribution in [2.75, 3.05) is 6.61 Å². The predicted molar refractivity (Wildman–Crippen MR) is 126 cm³/mol. The minimum atomic E-state index is -4.32. The van der Waals surface area contributed by atoms with E-state index in [1.54, 1.807) is 30.3 Å². The Hall–Kier alpha value is -3.11. The lowest BCUT2D eigenvalue weighted by molar-refractivity contribution is -0.134. The summed E-state index contributed by atoms with van der Waals surface area (Å²) < 4.78 is 45.1. The van der Waals surface area contributed by atoms with Crippen molar-refractivity contribution in [3.8, 4) is 5.75 Å². The number of thiophene rings is 2. The monoisotopic (exact) mass is 488 g/mol. The molecule has 4 rings (SSSR count). The van der Waals surface area contributed by atoms with Crippen LogP contribution < -0.4 is 4.74 Å². The first-order valence-electron chi connectivity index (χ1n) is 10.2. The predicted octanol–water partition coefficient (Wildman–Crippen LogP) is 9.99. The number of benzene rings is 2. The fraction of sp³-hybridized carbons (Fsp3) is 0.217. The fourth-order valence-corrected chi connectivity index (χ4v) is 4.84. The van der Waals surface area contributed by atoms with Gasteiger partial charge in [-0.3, -0.25) is 0 Å². The van der Waals surface area contributed by atoms with E-state index in [0.29, 0.717) is 49.4 Å². The van der Waals surface area contributed by atoms with Gasteiger partial charge in [-0.15, -0.1) is 32.9 Å². The topological polar surface area (TPSA) is 58.7 Å². The molecule has 0 radical (unpaired) electrons. The highest BCUT2D eigenvalue weighted by molar-refractivity contribution is 7.29. The van der Waals surface area contributed by atoms with E-state index in [0.717, 1.165) is 24.7 Å². The Bertz CT molecular complexity index is 1230. The molecule has 2 heterocycles. The van der Waals surface area contributed by atoms with Gasteiger partial charge in [0, 0.05) is 9.40 Å². The fourth-order valence-electron chi connectivity index (χ4n) is 2.76. The van der Waals surface area contributed by atoms with Gasteiger partial charge in [-0.25, -0.2) is 0 Å². The van der Waals surface area contributed by atoms with Crippen LogP contribution in [-0.2, 0) is 6.18 Å². The number of nitrogens with zero attached hydrogens (tertiary/aromatic N) is 4. The SMILES string of the molecule is CCCCOc1ccc(N=Nc2ccc(N=Nc3cc4sc(C(F)(F)F)cc4s3)cc2)cc1. The van der Waals surface area contributed by atoms with Crippen molar-refractivity contribution in [2.24, 2.45) is 20.5 Å². The van der Waals surface area contributed by atoms with Crippen molar-refractivity contribution in [1.82, 2.24) is 0 Å². The Labute approximate surface area is 196 Å². The molecular weight excluding hydrogens is 469 g/mol. The highest BCUT2D eigenvalue weighted by Crippen LogP contribution is 2.43. The summed E-state index contributed by atoms with van der Waals surface area (Å²) in [5.74, 6) is 0.809. The first kappa shape index (κ1) is 23.1. The van der Waals surface area contributed by atoms with Crippen molar-refractivity contribution in [1.29, 1.82) is 0 Å². The molecule has 0 saturated heterocycles. The molecular formula is C23H19F3N4OS2. The van der Waals surface area contributed by atoms with E-state index in [9.17, 15) is 13.2 Å². The quantitative estimate of drug-likeness (QED) is 0.180. The first-order valence-corrected chi connectivity index (χ1v) is 11.8. The second-order valence-electron chi connectivity index (χ2n) is 7.03. The lowest BCUT2D eigenvalue weighted by atomic mass is 10.3. The summed E-state index contributed by atoms with van der Waals surface area (Å²) in [6, 6.07) is 17.2. The summed E-state index contributed by atoms with van der Waals surface area (Å²) in [6.45, 7) is 2.82. The second kappa shape index (κ2) is 10.2. The number of ether oxygens (including phenoxy) is 1. The van der Waals surface area contributed by atoms with Gasteiger partial charge in [0.25, 0.3) is 0 Å². The molecule has 0 N–H and O–H groups in total. The van der Waals surface area contributed by atoms with Crippen LogP contribution in [0.3, 0.4) is 0 Å². The number of rotatable bonds is 8. The highest BCUT2D eigenvalue weighted by atomic mass is 32.1. The zero-order valence-electron chi connectivity index (χ0n) is 17.5. The normalized spacial score (nSPS) is 12.4. The first-order chi connectivity index (χ1) is 15.9. The van der Waals surface area contributed by atoms with Crippen molar-refractivity contribution in [3.63, 3.8) is 0 Å². The van der Waals surface area contributed by atoms with E-state index in [1.807, 2.05) is 24.3 Å². The van der Waals surface area contributed by atoms with Gasteiger partial charge >= 0.3 is 6.18 Å². The van der Waals surface area contributed by atoms with Crippen molar-refractivity contribution >= 4 is 54.1 Å². The van der Waals surface area contributed by atoms with Gasteiger partial charge < -0.3 is 4.74 Å². The largest absolute Gasteiger partial charge is 0.494 e. The Morgan fingerprint density at radius 2 is 1.30 bits per heavy atom. The summed E-state index contributed by atoms with van der Waals surface area (Å²) in [7, 11) is 0. The van der Waals surface area contributed by atoms with Gasteiger partial charge in [-0.2, -0.15) is 23.4 Å². The molecule has 0 saturated carbocycles. The molecule has 0 aliphatic heterocycles. The van der Waals surface area contributed by atoms with Crippen molar-refractivity contribution in [3.05, 3.63) is 65.5 Å². The van der Waals surface area contributed by atoms with Gasteiger partial charge in [-0.1, -0.05) is 13.3 Å². The lowest BCUT2D eigenvalue weighted by Crippen LogP contribution is -2.00. The maximum Gasteiger partial charge on any atom is 0.425 e. The number of unbranched alkanes of at least 4 members (excludes halogenated alkanes) is 1. The van der Waals surface area contributed by atoms with Crippen LogP contribution in [0.2, 0.25) is 0 Å². The number of hydrogen-bond donors (Lipinski definition) is 0. The third-order valence-corrected chi connectivity index (χ3v) is 6.69. The van der Waals surface area contributed by atoms with Crippen LogP contribution in [0.1, 0.15) is 24.6 Å². The molecule has 0 bridgehead atoms. The third kappa shape index (κ3) is 6.23. The summed E-state index contributed by atoms with van der Waals surface area (Å²) in [5, 5.41) is 17.3.